The highest BCUT2D eigenvalue weighted by Crippen LogP contribution is 2.20. The molecule has 0 saturated carbocycles. The number of carbonyl (C=O) groups is 2. The van der Waals surface area contributed by atoms with Gasteiger partial charge in [-0.2, -0.15) is 0 Å². The standard InChI is InChI=1S/C23H25N3O2/c27-22(14-17-8-2-1-3-9-17)25-21(23(28)26-12-6-7-13-26)15-18-16-24-20-11-5-4-10-19(18)20/h1-5,8-11,16,21,24H,6-7,12-15H2,(H,25,27)/t21-/m0/s1. The predicted octanol–water partition coefficient (Wildman–Crippen LogP) is 3.06. The van der Waals surface area contributed by atoms with Crippen molar-refractivity contribution < 1.29 is 9.59 Å². The first-order valence-electron chi connectivity index (χ1n) is 9.88. The zero-order chi connectivity index (χ0) is 19.3. The number of para-hydroxylation sites is 1. The molecule has 2 amide bonds. The molecule has 5 nitrogen and oxygen atoms in total. The van der Waals surface area contributed by atoms with Gasteiger partial charge in [0.15, 0.2) is 0 Å². The maximum atomic E-state index is 13.1. The molecule has 144 valence electrons. The number of amides is 2. The number of benzene rings is 2. The van der Waals surface area contributed by atoms with Gasteiger partial charge in [-0.25, -0.2) is 0 Å². The molecule has 1 saturated heterocycles. The van der Waals surface area contributed by atoms with E-state index in [1.807, 2.05) is 65.7 Å². The van der Waals surface area contributed by atoms with E-state index in [0.717, 1.165) is 48.0 Å². The van der Waals surface area contributed by atoms with Crippen LogP contribution in [0.2, 0.25) is 0 Å². The Morgan fingerprint density at radius 3 is 2.50 bits per heavy atom. The summed E-state index contributed by atoms with van der Waals surface area (Å²) >= 11 is 0. The van der Waals surface area contributed by atoms with Crippen molar-refractivity contribution in [2.75, 3.05) is 13.1 Å². The van der Waals surface area contributed by atoms with Crippen LogP contribution >= 0.6 is 0 Å². The lowest BCUT2D eigenvalue weighted by molar-refractivity contribution is -0.135. The zero-order valence-electron chi connectivity index (χ0n) is 15.9. The molecule has 2 N–H and O–H groups in total. The van der Waals surface area contributed by atoms with Crippen LogP contribution in [0.5, 0.6) is 0 Å². The molecule has 0 radical (unpaired) electrons. The molecule has 28 heavy (non-hydrogen) atoms. The van der Waals surface area contributed by atoms with Gasteiger partial charge in [-0.3, -0.25) is 9.59 Å². The fourth-order valence-corrected chi connectivity index (χ4v) is 3.91. The van der Waals surface area contributed by atoms with Crippen LogP contribution < -0.4 is 5.32 Å². The van der Waals surface area contributed by atoms with Crippen LogP contribution in [0.1, 0.15) is 24.0 Å². The molecule has 0 spiro atoms. The number of fused-ring (bicyclic) bond motifs is 1. The number of hydrogen-bond donors (Lipinski definition) is 2. The topological polar surface area (TPSA) is 65.2 Å². The third-order valence-electron chi connectivity index (χ3n) is 5.36. The minimum atomic E-state index is -0.548. The summed E-state index contributed by atoms with van der Waals surface area (Å²) in [6.07, 6.45) is 4.77. The van der Waals surface area contributed by atoms with Crippen molar-refractivity contribution in [2.24, 2.45) is 0 Å². The summed E-state index contributed by atoms with van der Waals surface area (Å²) in [6.45, 7) is 1.55. The van der Waals surface area contributed by atoms with E-state index in [2.05, 4.69) is 10.3 Å². The number of H-pyrrole nitrogens is 1. The molecule has 1 fully saturated rings. The van der Waals surface area contributed by atoms with Crippen molar-refractivity contribution in [3.63, 3.8) is 0 Å². The normalized spacial score (nSPS) is 14.9. The van der Waals surface area contributed by atoms with Crippen molar-refractivity contribution in [3.05, 3.63) is 71.9 Å². The van der Waals surface area contributed by atoms with Crippen LogP contribution in [-0.2, 0) is 22.4 Å². The number of carbonyl (C=O) groups excluding carboxylic acids is 2. The molecule has 3 aromatic rings. The summed E-state index contributed by atoms with van der Waals surface area (Å²) in [4.78, 5) is 30.9. The minimum Gasteiger partial charge on any atom is -0.361 e. The number of nitrogens with zero attached hydrogens (tertiary/aromatic N) is 1. The summed E-state index contributed by atoms with van der Waals surface area (Å²) < 4.78 is 0. The average molecular weight is 375 g/mol. The highest BCUT2D eigenvalue weighted by Gasteiger charge is 2.28. The second-order valence-electron chi connectivity index (χ2n) is 7.38. The Labute approximate surface area is 164 Å². The van der Waals surface area contributed by atoms with Gasteiger partial charge in [0, 0.05) is 36.6 Å². The van der Waals surface area contributed by atoms with E-state index in [1.165, 1.54) is 0 Å². The van der Waals surface area contributed by atoms with Crippen LogP contribution in [-0.4, -0.2) is 40.8 Å². The summed E-state index contributed by atoms with van der Waals surface area (Å²) in [7, 11) is 0. The van der Waals surface area contributed by atoms with Crippen LogP contribution in [0, 0.1) is 0 Å². The Hall–Kier alpha value is -3.08. The Bertz CT molecular complexity index is 958. The molecule has 1 aliphatic rings. The third-order valence-corrected chi connectivity index (χ3v) is 5.36. The van der Waals surface area contributed by atoms with Crippen LogP contribution in [0.25, 0.3) is 10.9 Å². The maximum Gasteiger partial charge on any atom is 0.245 e. The zero-order valence-corrected chi connectivity index (χ0v) is 15.9. The second-order valence-corrected chi connectivity index (χ2v) is 7.38. The van der Waals surface area contributed by atoms with Crippen molar-refractivity contribution in [1.29, 1.82) is 0 Å². The largest absolute Gasteiger partial charge is 0.361 e. The van der Waals surface area contributed by atoms with Crippen molar-refractivity contribution in [1.82, 2.24) is 15.2 Å². The number of aromatic nitrogens is 1. The van der Waals surface area contributed by atoms with Crippen molar-refractivity contribution in [3.8, 4) is 0 Å². The van der Waals surface area contributed by atoms with Gasteiger partial charge in [0.05, 0.1) is 6.42 Å². The number of rotatable bonds is 6. The van der Waals surface area contributed by atoms with Gasteiger partial charge in [0.25, 0.3) is 0 Å². The number of hydrogen-bond acceptors (Lipinski definition) is 2. The van der Waals surface area contributed by atoms with E-state index in [-0.39, 0.29) is 18.2 Å². The lowest BCUT2D eigenvalue weighted by atomic mass is 10.0. The molecule has 1 atom stereocenters. The molecule has 4 rings (SSSR count). The highest BCUT2D eigenvalue weighted by molar-refractivity contribution is 5.90. The van der Waals surface area contributed by atoms with Gasteiger partial charge >= 0.3 is 0 Å². The molecular formula is C23H25N3O2. The maximum absolute atomic E-state index is 13.1. The van der Waals surface area contributed by atoms with Crippen molar-refractivity contribution >= 4 is 22.7 Å². The molecule has 0 unspecified atom stereocenters. The molecular weight excluding hydrogens is 350 g/mol. The Kier molecular flexibility index (Phi) is 5.42. The van der Waals surface area contributed by atoms with Gasteiger partial charge in [0.1, 0.15) is 6.04 Å². The van der Waals surface area contributed by atoms with Gasteiger partial charge < -0.3 is 15.2 Å². The summed E-state index contributed by atoms with van der Waals surface area (Å²) in [5, 5.41) is 4.10. The average Bonchev–Trinajstić information content (AvgIpc) is 3.38. The van der Waals surface area contributed by atoms with E-state index < -0.39 is 6.04 Å². The lowest BCUT2D eigenvalue weighted by Gasteiger charge is -2.24. The molecule has 2 heterocycles. The van der Waals surface area contributed by atoms with Gasteiger partial charge in [-0.1, -0.05) is 48.5 Å². The number of likely N-dealkylation sites (tertiary alicyclic amines) is 1. The van der Waals surface area contributed by atoms with Gasteiger partial charge in [0.2, 0.25) is 11.8 Å². The van der Waals surface area contributed by atoms with Crippen molar-refractivity contribution in [2.45, 2.75) is 31.7 Å². The quantitative estimate of drug-likeness (QED) is 0.695. The monoisotopic (exact) mass is 375 g/mol. The molecule has 1 aromatic heterocycles. The summed E-state index contributed by atoms with van der Waals surface area (Å²) in [5.74, 6) is -0.104. The molecule has 0 bridgehead atoms. The van der Waals surface area contributed by atoms with Gasteiger partial charge in [-0.05, 0) is 30.0 Å². The van der Waals surface area contributed by atoms with Crippen LogP contribution in [0.15, 0.2) is 60.8 Å². The molecule has 2 aromatic carbocycles. The Morgan fingerprint density at radius 1 is 1.00 bits per heavy atom. The first-order chi connectivity index (χ1) is 13.7. The third kappa shape index (κ3) is 4.09. The fraction of sp³-hybridized carbons (Fsp3) is 0.304. The first kappa shape index (κ1) is 18.3. The SMILES string of the molecule is O=C(Cc1ccccc1)N[C@@H](Cc1c[nH]c2ccccc12)C(=O)N1CCCC1. The van der Waals surface area contributed by atoms with E-state index in [1.54, 1.807) is 0 Å². The van der Waals surface area contributed by atoms with Crippen LogP contribution in [0.3, 0.4) is 0 Å². The van der Waals surface area contributed by atoms with Gasteiger partial charge in [-0.15, -0.1) is 0 Å². The summed E-state index contributed by atoms with van der Waals surface area (Å²) in [5.41, 5.74) is 3.04. The Balaban J connectivity index is 1.53. The van der Waals surface area contributed by atoms with E-state index >= 15 is 0 Å². The van der Waals surface area contributed by atoms with E-state index in [0.29, 0.717) is 6.42 Å². The number of aromatic amines is 1. The highest BCUT2D eigenvalue weighted by atomic mass is 16.2. The fourth-order valence-electron chi connectivity index (χ4n) is 3.91. The first-order valence-corrected chi connectivity index (χ1v) is 9.88. The lowest BCUT2D eigenvalue weighted by Crippen LogP contribution is -2.49. The van der Waals surface area contributed by atoms with E-state index in [9.17, 15) is 9.59 Å². The summed E-state index contributed by atoms with van der Waals surface area (Å²) in [6, 6.07) is 17.1. The van der Waals surface area contributed by atoms with E-state index in [4.69, 9.17) is 0 Å². The Morgan fingerprint density at radius 2 is 1.71 bits per heavy atom. The minimum absolute atomic E-state index is 0.0178. The smallest absolute Gasteiger partial charge is 0.245 e. The number of nitrogens with one attached hydrogen (secondary N) is 2. The molecule has 1 aliphatic heterocycles. The van der Waals surface area contributed by atoms with Crippen LogP contribution in [0.4, 0.5) is 0 Å². The second kappa shape index (κ2) is 8.30. The molecule has 5 heteroatoms. The molecule has 0 aliphatic carbocycles. The predicted molar refractivity (Wildman–Crippen MR) is 110 cm³/mol.